The van der Waals surface area contributed by atoms with E-state index in [1.54, 1.807) is 7.11 Å². The number of ether oxygens (including phenoxy) is 1. The number of hydrogen-bond acceptors (Lipinski definition) is 3. The molecule has 0 aliphatic rings. The van der Waals surface area contributed by atoms with Crippen molar-refractivity contribution in [2.24, 2.45) is 11.8 Å². The quantitative estimate of drug-likeness (QED) is 0.345. The van der Waals surface area contributed by atoms with Crippen LogP contribution < -0.4 is 11.3 Å². The Labute approximate surface area is 68.3 Å². The third-order valence-electron chi connectivity index (χ3n) is 1.62. The maximum atomic E-state index is 5.23. The summed E-state index contributed by atoms with van der Waals surface area (Å²) < 4.78 is 5.17. The van der Waals surface area contributed by atoms with Crippen LogP contribution in [0.5, 0.6) is 0 Å². The van der Waals surface area contributed by atoms with Gasteiger partial charge in [-0.3, -0.25) is 5.84 Å². The van der Waals surface area contributed by atoms with Crippen molar-refractivity contribution in [3.63, 3.8) is 0 Å². The molecule has 0 spiro atoms. The van der Waals surface area contributed by atoms with Gasteiger partial charge in [-0.05, 0) is 5.92 Å². The zero-order chi connectivity index (χ0) is 8.85. The highest BCUT2D eigenvalue weighted by Crippen LogP contribution is 2.08. The minimum atomic E-state index is -0.208. The molecule has 64 valence electrons. The first kappa shape index (κ1) is 10.4. The molecule has 3 N–H and O–H groups in total. The smallest absolute Gasteiger partial charge is 0.108 e. The van der Waals surface area contributed by atoms with Crippen molar-refractivity contribution in [3.8, 4) is 12.3 Å². The first-order valence-electron chi connectivity index (χ1n) is 3.62. The van der Waals surface area contributed by atoms with Crippen molar-refractivity contribution in [1.82, 2.24) is 5.43 Å². The van der Waals surface area contributed by atoms with Crippen LogP contribution in [0, 0.1) is 18.3 Å². The number of nitrogens with two attached hydrogens (primary N) is 1. The van der Waals surface area contributed by atoms with Crippen LogP contribution in [0.25, 0.3) is 0 Å². The zero-order valence-electron chi connectivity index (χ0n) is 7.29. The minimum absolute atomic E-state index is 0.0231. The molecule has 0 bridgehead atoms. The molecule has 0 aromatic carbocycles. The molecule has 3 nitrogen and oxygen atoms in total. The summed E-state index contributed by atoms with van der Waals surface area (Å²) in [5.41, 5.74) is 2.52. The van der Waals surface area contributed by atoms with Gasteiger partial charge in [-0.2, -0.15) is 0 Å². The number of rotatable bonds is 4. The average molecular weight is 156 g/mol. The van der Waals surface area contributed by atoms with Crippen molar-refractivity contribution in [2.75, 3.05) is 7.11 Å². The van der Waals surface area contributed by atoms with E-state index >= 15 is 0 Å². The Morgan fingerprint density at radius 2 is 2.09 bits per heavy atom. The number of nitrogens with one attached hydrogen (secondary N) is 1. The third kappa shape index (κ3) is 2.89. The first-order chi connectivity index (χ1) is 5.17. The Morgan fingerprint density at radius 3 is 2.18 bits per heavy atom. The second-order valence-electron chi connectivity index (χ2n) is 2.76. The summed E-state index contributed by atoms with van der Waals surface area (Å²) in [4.78, 5) is 0. The van der Waals surface area contributed by atoms with Crippen molar-refractivity contribution in [2.45, 2.75) is 26.0 Å². The molecule has 2 atom stereocenters. The summed E-state index contributed by atoms with van der Waals surface area (Å²) in [7, 11) is 1.63. The van der Waals surface area contributed by atoms with E-state index in [2.05, 4.69) is 11.3 Å². The summed E-state index contributed by atoms with van der Waals surface area (Å²) in [6, 6.07) is -0.208. The van der Waals surface area contributed by atoms with Crippen molar-refractivity contribution in [3.05, 3.63) is 0 Å². The average Bonchev–Trinajstić information content (AvgIpc) is 1.99. The molecule has 0 rings (SSSR count). The zero-order valence-corrected chi connectivity index (χ0v) is 7.29. The lowest BCUT2D eigenvalue weighted by atomic mass is 10.0. The molecule has 2 unspecified atom stereocenters. The van der Waals surface area contributed by atoms with Gasteiger partial charge in [0.05, 0.1) is 6.10 Å². The van der Waals surface area contributed by atoms with Gasteiger partial charge in [0.15, 0.2) is 0 Å². The monoisotopic (exact) mass is 156 g/mol. The largest absolute Gasteiger partial charge is 0.378 e. The maximum Gasteiger partial charge on any atom is 0.108 e. The molecule has 0 radical (unpaired) electrons. The third-order valence-corrected chi connectivity index (χ3v) is 1.62. The van der Waals surface area contributed by atoms with Gasteiger partial charge in [0, 0.05) is 7.11 Å². The van der Waals surface area contributed by atoms with E-state index in [0.717, 1.165) is 0 Å². The Bertz CT molecular complexity index is 140. The lowest BCUT2D eigenvalue weighted by molar-refractivity contribution is 0.0484. The van der Waals surface area contributed by atoms with Crippen LogP contribution >= 0.6 is 0 Å². The Hall–Kier alpha value is -0.560. The molecule has 0 aromatic heterocycles. The van der Waals surface area contributed by atoms with E-state index in [1.807, 2.05) is 13.8 Å². The maximum absolute atomic E-state index is 5.23. The summed E-state index contributed by atoms with van der Waals surface area (Å²) in [6.45, 7) is 4.08. The van der Waals surface area contributed by atoms with E-state index in [9.17, 15) is 0 Å². The molecule has 0 heterocycles. The lowest BCUT2D eigenvalue weighted by Gasteiger charge is -2.24. The summed E-state index contributed by atoms with van der Waals surface area (Å²) in [5, 5.41) is 0. The van der Waals surface area contributed by atoms with Gasteiger partial charge in [0.2, 0.25) is 0 Å². The van der Waals surface area contributed by atoms with Crippen LogP contribution in [0.1, 0.15) is 13.8 Å². The summed E-state index contributed by atoms with van der Waals surface area (Å²) >= 11 is 0. The molecular formula is C8H16N2O. The van der Waals surface area contributed by atoms with Gasteiger partial charge >= 0.3 is 0 Å². The molecule has 0 aliphatic heterocycles. The minimum Gasteiger partial charge on any atom is -0.378 e. The Kier molecular flexibility index (Phi) is 4.88. The highest BCUT2D eigenvalue weighted by atomic mass is 16.5. The highest BCUT2D eigenvalue weighted by molar-refractivity contribution is 5.02. The van der Waals surface area contributed by atoms with Crippen molar-refractivity contribution < 1.29 is 4.74 Å². The fourth-order valence-corrected chi connectivity index (χ4v) is 1.03. The summed E-state index contributed by atoms with van der Waals surface area (Å²) in [5.74, 6) is 8.11. The SMILES string of the molecule is C#CC(NN)C(OC)C(C)C. The van der Waals surface area contributed by atoms with Crippen LogP contribution in [-0.4, -0.2) is 19.3 Å². The van der Waals surface area contributed by atoms with Gasteiger partial charge < -0.3 is 4.74 Å². The topological polar surface area (TPSA) is 47.3 Å². The molecule has 3 heteroatoms. The fraction of sp³-hybridized carbons (Fsp3) is 0.750. The second-order valence-corrected chi connectivity index (χ2v) is 2.76. The van der Waals surface area contributed by atoms with Crippen LogP contribution in [0.4, 0.5) is 0 Å². The Morgan fingerprint density at radius 1 is 1.55 bits per heavy atom. The van der Waals surface area contributed by atoms with E-state index in [4.69, 9.17) is 17.0 Å². The number of terminal acetylenes is 1. The van der Waals surface area contributed by atoms with Crippen LogP contribution in [0.15, 0.2) is 0 Å². The van der Waals surface area contributed by atoms with Crippen molar-refractivity contribution >= 4 is 0 Å². The predicted molar refractivity (Wildman–Crippen MR) is 45.6 cm³/mol. The number of methoxy groups -OCH3 is 1. The Balaban J connectivity index is 4.12. The molecule has 0 saturated carbocycles. The predicted octanol–water partition coefficient (Wildman–Crippen LogP) is 0.122. The summed E-state index contributed by atoms with van der Waals surface area (Å²) in [6.07, 6.45) is 5.20. The highest BCUT2D eigenvalue weighted by Gasteiger charge is 2.20. The van der Waals surface area contributed by atoms with E-state index < -0.39 is 0 Å². The number of hydrazine groups is 1. The van der Waals surface area contributed by atoms with Gasteiger partial charge in [0.25, 0.3) is 0 Å². The molecule has 0 aromatic rings. The lowest BCUT2D eigenvalue weighted by Crippen LogP contribution is -2.46. The molecular weight excluding hydrogens is 140 g/mol. The van der Waals surface area contributed by atoms with E-state index in [0.29, 0.717) is 5.92 Å². The molecule has 0 saturated heterocycles. The molecule has 0 amide bonds. The first-order valence-corrected chi connectivity index (χ1v) is 3.62. The van der Waals surface area contributed by atoms with Gasteiger partial charge in [-0.25, -0.2) is 5.43 Å². The van der Waals surface area contributed by atoms with Gasteiger partial charge in [-0.1, -0.05) is 19.8 Å². The van der Waals surface area contributed by atoms with Gasteiger partial charge in [-0.15, -0.1) is 6.42 Å². The van der Waals surface area contributed by atoms with Crippen molar-refractivity contribution in [1.29, 1.82) is 0 Å². The van der Waals surface area contributed by atoms with E-state index in [-0.39, 0.29) is 12.1 Å². The number of hydrogen-bond donors (Lipinski definition) is 2. The van der Waals surface area contributed by atoms with E-state index in [1.165, 1.54) is 0 Å². The van der Waals surface area contributed by atoms with Crippen LogP contribution in [0.3, 0.4) is 0 Å². The van der Waals surface area contributed by atoms with Crippen LogP contribution in [-0.2, 0) is 4.74 Å². The van der Waals surface area contributed by atoms with Crippen LogP contribution in [0.2, 0.25) is 0 Å². The second kappa shape index (κ2) is 5.14. The van der Waals surface area contributed by atoms with Gasteiger partial charge in [0.1, 0.15) is 6.04 Å². The fourth-order valence-electron chi connectivity index (χ4n) is 1.03. The molecule has 0 fully saturated rings. The standard InChI is InChI=1S/C8H16N2O/c1-5-7(10-9)8(11-4)6(2)3/h1,6-8,10H,9H2,2-4H3. The molecule has 11 heavy (non-hydrogen) atoms. The molecule has 0 aliphatic carbocycles. The normalized spacial score (nSPS) is 16.0.